The maximum atomic E-state index is 10.2. The number of nitrogens with one attached hydrogen (secondary N) is 1. The maximum Gasteiger partial charge on any atom is 0.211 e. The van der Waals surface area contributed by atoms with Crippen molar-refractivity contribution in [1.29, 1.82) is 0 Å². The third-order valence-electron chi connectivity index (χ3n) is 1.94. The fraction of sp³-hybridized carbons (Fsp3) is 0.364. The Labute approximate surface area is 88.9 Å². The molecular formula is C11H15NO3. The number of ether oxygens (including phenoxy) is 1. The van der Waals surface area contributed by atoms with Crippen molar-refractivity contribution in [2.24, 2.45) is 0 Å². The highest BCUT2D eigenvalue weighted by atomic mass is 16.5. The molecule has 0 saturated carbocycles. The molecule has 0 heterocycles. The largest absolute Gasteiger partial charge is 0.504 e. The summed E-state index contributed by atoms with van der Waals surface area (Å²) in [7, 11) is 0. The molecule has 0 bridgehead atoms. The first kappa shape index (κ1) is 11.4. The van der Waals surface area contributed by atoms with Gasteiger partial charge < -0.3 is 15.2 Å². The van der Waals surface area contributed by atoms with E-state index in [2.05, 4.69) is 12.2 Å². The average Bonchev–Trinajstić information content (AvgIpc) is 2.22. The van der Waals surface area contributed by atoms with Gasteiger partial charge in [-0.05, 0) is 18.6 Å². The van der Waals surface area contributed by atoms with Crippen molar-refractivity contribution in [3.8, 4) is 11.5 Å². The van der Waals surface area contributed by atoms with E-state index in [-0.39, 0.29) is 5.75 Å². The third-order valence-corrected chi connectivity index (χ3v) is 1.94. The number of unbranched alkanes of at least 4 members (excludes halogenated alkanes) is 1. The highest BCUT2D eigenvalue weighted by Crippen LogP contribution is 2.28. The number of hydrogen-bond acceptors (Lipinski definition) is 3. The molecule has 2 N–H and O–H groups in total. The molecule has 0 aliphatic carbocycles. The lowest BCUT2D eigenvalue weighted by molar-refractivity contribution is -0.105. The number of aromatic hydroxyl groups is 1. The van der Waals surface area contributed by atoms with Gasteiger partial charge in [0.1, 0.15) is 0 Å². The van der Waals surface area contributed by atoms with Gasteiger partial charge in [-0.15, -0.1) is 0 Å². The van der Waals surface area contributed by atoms with Crippen LogP contribution in [0.5, 0.6) is 11.5 Å². The van der Waals surface area contributed by atoms with E-state index in [4.69, 9.17) is 4.74 Å². The number of amides is 1. The molecule has 1 amide bonds. The monoisotopic (exact) mass is 209 g/mol. The number of rotatable bonds is 6. The molecule has 15 heavy (non-hydrogen) atoms. The van der Waals surface area contributed by atoms with Crippen LogP contribution in [-0.4, -0.2) is 18.1 Å². The first-order valence-corrected chi connectivity index (χ1v) is 4.94. The van der Waals surface area contributed by atoms with Crippen LogP contribution in [0.15, 0.2) is 18.2 Å². The van der Waals surface area contributed by atoms with E-state index < -0.39 is 0 Å². The Morgan fingerprint density at radius 3 is 2.93 bits per heavy atom. The number of hydrogen-bond donors (Lipinski definition) is 2. The second-order valence-electron chi connectivity index (χ2n) is 3.15. The van der Waals surface area contributed by atoms with Crippen LogP contribution in [0.3, 0.4) is 0 Å². The fourth-order valence-electron chi connectivity index (χ4n) is 1.12. The maximum absolute atomic E-state index is 10.2. The Bertz CT molecular complexity index is 326. The summed E-state index contributed by atoms with van der Waals surface area (Å²) in [6.07, 6.45) is 2.56. The molecule has 0 radical (unpaired) electrons. The highest BCUT2D eigenvalue weighted by Gasteiger charge is 2.02. The topological polar surface area (TPSA) is 58.6 Å². The number of phenols is 1. The number of phenolic OH excluding ortho intramolecular Hbond substituents is 1. The quantitative estimate of drug-likeness (QED) is 0.557. The van der Waals surface area contributed by atoms with Gasteiger partial charge in [0, 0.05) is 11.8 Å². The SMILES string of the molecule is CCCCOc1ccc(NC=O)cc1O. The van der Waals surface area contributed by atoms with Gasteiger partial charge in [0.25, 0.3) is 0 Å². The number of carbonyl (C=O) groups excluding carboxylic acids is 1. The van der Waals surface area contributed by atoms with Gasteiger partial charge in [-0.25, -0.2) is 0 Å². The zero-order valence-corrected chi connectivity index (χ0v) is 8.69. The Kier molecular flexibility index (Phi) is 4.47. The highest BCUT2D eigenvalue weighted by molar-refractivity contribution is 5.72. The first-order chi connectivity index (χ1) is 7.27. The van der Waals surface area contributed by atoms with Crippen molar-refractivity contribution < 1.29 is 14.6 Å². The van der Waals surface area contributed by atoms with Crippen molar-refractivity contribution in [2.75, 3.05) is 11.9 Å². The molecule has 1 rings (SSSR count). The van der Waals surface area contributed by atoms with Gasteiger partial charge in [0.2, 0.25) is 6.41 Å². The van der Waals surface area contributed by atoms with Gasteiger partial charge in [0.05, 0.1) is 6.61 Å². The molecule has 1 aromatic carbocycles. The summed E-state index contributed by atoms with van der Waals surface area (Å²) in [6, 6.07) is 4.77. The third kappa shape index (κ3) is 3.50. The van der Waals surface area contributed by atoms with Gasteiger partial charge >= 0.3 is 0 Å². The standard InChI is InChI=1S/C11H15NO3/c1-2-3-6-15-11-5-4-9(12-8-13)7-10(11)14/h4-5,7-8,14H,2-3,6H2,1H3,(H,12,13). The molecule has 4 heteroatoms. The van der Waals surface area contributed by atoms with Crippen LogP contribution in [0.1, 0.15) is 19.8 Å². The minimum absolute atomic E-state index is 0.0398. The van der Waals surface area contributed by atoms with Crippen molar-refractivity contribution in [2.45, 2.75) is 19.8 Å². The van der Waals surface area contributed by atoms with E-state index in [1.54, 1.807) is 12.1 Å². The lowest BCUT2D eigenvalue weighted by Crippen LogP contribution is -1.98. The first-order valence-electron chi connectivity index (χ1n) is 4.94. The molecule has 0 unspecified atom stereocenters. The fourth-order valence-corrected chi connectivity index (χ4v) is 1.12. The molecule has 0 saturated heterocycles. The zero-order chi connectivity index (χ0) is 11.1. The minimum Gasteiger partial charge on any atom is -0.504 e. The predicted molar refractivity (Wildman–Crippen MR) is 58.2 cm³/mol. The van der Waals surface area contributed by atoms with Crippen LogP contribution < -0.4 is 10.1 Å². The molecule has 0 aliphatic rings. The van der Waals surface area contributed by atoms with E-state index in [0.29, 0.717) is 24.5 Å². The summed E-state index contributed by atoms with van der Waals surface area (Å²) < 4.78 is 5.34. The predicted octanol–water partition coefficient (Wildman–Crippen LogP) is 2.14. The second kappa shape index (κ2) is 5.90. The Morgan fingerprint density at radius 1 is 1.53 bits per heavy atom. The summed E-state index contributed by atoms with van der Waals surface area (Å²) in [5.74, 6) is 0.484. The summed E-state index contributed by atoms with van der Waals surface area (Å²) >= 11 is 0. The van der Waals surface area contributed by atoms with Crippen molar-refractivity contribution >= 4 is 12.1 Å². The molecule has 0 aliphatic heterocycles. The summed E-state index contributed by atoms with van der Waals surface area (Å²) in [6.45, 7) is 2.66. The lowest BCUT2D eigenvalue weighted by atomic mass is 10.3. The number of anilines is 1. The average molecular weight is 209 g/mol. The molecular weight excluding hydrogens is 194 g/mol. The van der Waals surface area contributed by atoms with E-state index in [1.807, 2.05) is 0 Å². The molecule has 0 spiro atoms. The van der Waals surface area contributed by atoms with Gasteiger partial charge in [-0.3, -0.25) is 4.79 Å². The van der Waals surface area contributed by atoms with Gasteiger partial charge in [-0.2, -0.15) is 0 Å². The molecule has 82 valence electrons. The molecule has 0 fully saturated rings. The minimum atomic E-state index is 0.0398. The molecule has 1 aromatic rings. The van der Waals surface area contributed by atoms with E-state index in [1.165, 1.54) is 6.07 Å². The summed E-state index contributed by atoms with van der Waals surface area (Å²) in [5.41, 5.74) is 0.547. The molecule has 0 atom stereocenters. The summed E-state index contributed by atoms with van der Waals surface area (Å²) in [5, 5.41) is 12.0. The van der Waals surface area contributed by atoms with Crippen LogP contribution in [-0.2, 0) is 4.79 Å². The summed E-state index contributed by atoms with van der Waals surface area (Å²) in [4.78, 5) is 10.2. The van der Waals surface area contributed by atoms with Crippen LogP contribution in [0.25, 0.3) is 0 Å². The van der Waals surface area contributed by atoms with Crippen molar-refractivity contribution in [3.05, 3.63) is 18.2 Å². The number of carbonyl (C=O) groups is 1. The van der Waals surface area contributed by atoms with Crippen molar-refractivity contribution in [1.82, 2.24) is 0 Å². The lowest BCUT2D eigenvalue weighted by Gasteiger charge is -2.08. The Morgan fingerprint density at radius 2 is 2.33 bits per heavy atom. The van der Waals surface area contributed by atoms with E-state index in [9.17, 15) is 9.90 Å². The van der Waals surface area contributed by atoms with Crippen LogP contribution in [0.4, 0.5) is 5.69 Å². The normalized spacial score (nSPS) is 9.67. The number of benzene rings is 1. The zero-order valence-electron chi connectivity index (χ0n) is 8.69. The molecule has 0 aromatic heterocycles. The van der Waals surface area contributed by atoms with E-state index in [0.717, 1.165) is 12.8 Å². The van der Waals surface area contributed by atoms with Crippen LogP contribution in [0, 0.1) is 0 Å². The Balaban J connectivity index is 2.61. The Hall–Kier alpha value is -1.71. The second-order valence-corrected chi connectivity index (χ2v) is 3.15. The van der Waals surface area contributed by atoms with Crippen LogP contribution >= 0.6 is 0 Å². The van der Waals surface area contributed by atoms with Gasteiger partial charge in [0.15, 0.2) is 11.5 Å². The smallest absolute Gasteiger partial charge is 0.211 e. The van der Waals surface area contributed by atoms with Crippen LogP contribution in [0.2, 0.25) is 0 Å². The molecule has 4 nitrogen and oxygen atoms in total. The van der Waals surface area contributed by atoms with Crippen molar-refractivity contribution in [3.63, 3.8) is 0 Å². The van der Waals surface area contributed by atoms with Gasteiger partial charge in [-0.1, -0.05) is 13.3 Å². The van der Waals surface area contributed by atoms with E-state index >= 15 is 0 Å².